The van der Waals surface area contributed by atoms with Gasteiger partial charge in [0.05, 0.1) is 31.4 Å². The Kier molecular flexibility index (Phi) is 4.21. The van der Waals surface area contributed by atoms with Crippen LogP contribution in [-0.2, 0) is 13.6 Å². The second kappa shape index (κ2) is 5.88. The van der Waals surface area contributed by atoms with Crippen LogP contribution in [0, 0.1) is 0 Å². The van der Waals surface area contributed by atoms with E-state index in [2.05, 4.69) is 22.3 Å². The van der Waals surface area contributed by atoms with E-state index in [9.17, 15) is 0 Å². The Morgan fingerprint density at radius 2 is 2.26 bits per heavy atom. The maximum atomic E-state index is 5.43. The van der Waals surface area contributed by atoms with Gasteiger partial charge in [0.25, 0.3) is 0 Å². The zero-order valence-corrected chi connectivity index (χ0v) is 11.9. The fourth-order valence-electron chi connectivity index (χ4n) is 2.22. The topological polar surface area (TPSA) is 56.9 Å². The number of hydrogen-bond donors (Lipinski definition) is 1. The lowest BCUT2D eigenvalue weighted by Crippen LogP contribution is -2.22. The van der Waals surface area contributed by atoms with Crippen LogP contribution in [0.5, 0.6) is 5.75 Å². The molecule has 0 bridgehead atoms. The maximum Gasteiger partial charge on any atom is 0.161 e. The van der Waals surface area contributed by atoms with Gasteiger partial charge in [-0.2, -0.15) is 5.10 Å². The minimum atomic E-state index is -0.0230. The van der Waals surface area contributed by atoms with E-state index < -0.39 is 0 Å². The summed E-state index contributed by atoms with van der Waals surface area (Å²) in [5, 5.41) is 7.69. The molecule has 0 aliphatic rings. The molecule has 2 aromatic heterocycles. The van der Waals surface area contributed by atoms with Gasteiger partial charge in [0.2, 0.25) is 0 Å². The van der Waals surface area contributed by atoms with Crippen molar-refractivity contribution in [2.75, 3.05) is 14.2 Å². The Morgan fingerprint density at radius 1 is 1.47 bits per heavy atom. The third kappa shape index (κ3) is 2.63. The Hall–Kier alpha value is -1.82. The second-order valence-electron chi connectivity index (χ2n) is 4.51. The molecule has 0 amide bonds. The quantitative estimate of drug-likeness (QED) is 0.854. The van der Waals surface area contributed by atoms with Crippen LogP contribution in [0.3, 0.4) is 0 Å². The molecule has 1 atom stereocenters. The van der Waals surface area contributed by atoms with Crippen molar-refractivity contribution in [1.82, 2.24) is 24.6 Å². The van der Waals surface area contributed by atoms with Crippen molar-refractivity contribution in [2.24, 2.45) is 7.05 Å². The fourth-order valence-corrected chi connectivity index (χ4v) is 2.22. The van der Waals surface area contributed by atoms with Crippen molar-refractivity contribution in [2.45, 2.75) is 25.9 Å². The van der Waals surface area contributed by atoms with E-state index in [0.717, 1.165) is 30.1 Å². The molecule has 0 aliphatic heterocycles. The summed E-state index contributed by atoms with van der Waals surface area (Å²) in [4.78, 5) is 4.42. The largest absolute Gasteiger partial charge is 0.493 e. The third-order valence-electron chi connectivity index (χ3n) is 3.08. The summed E-state index contributed by atoms with van der Waals surface area (Å²) < 4.78 is 9.34. The third-order valence-corrected chi connectivity index (χ3v) is 3.08. The lowest BCUT2D eigenvalue weighted by molar-refractivity contribution is 0.399. The van der Waals surface area contributed by atoms with Gasteiger partial charge < -0.3 is 14.6 Å². The second-order valence-corrected chi connectivity index (χ2v) is 4.51. The molecule has 104 valence electrons. The molecule has 19 heavy (non-hydrogen) atoms. The van der Waals surface area contributed by atoms with Crippen molar-refractivity contribution >= 4 is 0 Å². The molecule has 0 saturated carbocycles. The average molecular weight is 263 g/mol. The molecule has 0 aliphatic carbocycles. The molecule has 1 N–H and O–H groups in total. The van der Waals surface area contributed by atoms with Crippen LogP contribution in [0.2, 0.25) is 0 Å². The molecule has 0 spiro atoms. The number of hydrogen-bond acceptors (Lipinski definition) is 4. The fraction of sp³-hybridized carbons (Fsp3) is 0.538. The number of nitrogens with one attached hydrogen (secondary N) is 1. The maximum absolute atomic E-state index is 5.43. The summed E-state index contributed by atoms with van der Waals surface area (Å²) in [6.07, 6.45) is 6.59. The first kappa shape index (κ1) is 13.6. The van der Waals surface area contributed by atoms with Crippen molar-refractivity contribution in [3.05, 3.63) is 30.1 Å². The van der Waals surface area contributed by atoms with Gasteiger partial charge in [-0.15, -0.1) is 0 Å². The minimum absolute atomic E-state index is 0.0230. The number of nitrogens with zero attached hydrogens (tertiary/aromatic N) is 4. The van der Waals surface area contributed by atoms with E-state index >= 15 is 0 Å². The van der Waals surface area contributed by atoms with E-state index in [1.165, 1.54) is 0 Å². The number of methoxy groups -OCH3 is 1. The standard InChI is InChI=1S/C13H21N5O/c1-5-6-18-13(11(19-4)7-16-18)12(14-2)10-8-17(3)9-15-10/h7-9,12,14H,5-6H2,1-4H3. The van der Waals surface area contributed by atoms with Crippen LogP contribution in [-0.4, -0.2) is 33.5 Å². The van der Waals surface area contributed by atoms with Gasteiger partial charge >= 0.3 is 0 Å². The highest BCUT2D eigenvalue weighted by molar-refractivity contribution is 5.33. The van der Waals surface area contributed by atoms with E-state index in [-0.39, 0.29) is 6.04 Å². The van der Waals surface area contributed by atoms with Crippen LogP contribution in [0.4, 0.5) is 0 Å². The highest BCUT2D eigenvalue weighted by Gasteiger charge is 2.23. The molecule has 0 radical (unpaired) electrons. The van der Waals surface area contributed by atoms with Crippen LogP contribution < -0.4 is 10.1 Å². The Bertz CT molecular complexity index is 531. The smallest absolute Gasteiger partial charge is 0.161 e. The zero-order valence-electron chi connectivity index (χ0n) is 11.9. The molecular weight excluding hydrogens is 242 g/mol. The van der Waals surface area contributed by atoms with Crippen LogP contribution in [0.15, 0.2) is 18.7 Å². The molecular formula is C13H21N5O. The number of ether oxygens (including phenoxy) is 1. The highest BCUT2D eigenvalue weighted by atomic mass is 16.5. The summed E-state index contributed by atoms with van der Waals surface area (Å²) in [5.41, 5.74) is 1.98. The molecule has 2 heterocycles. The summed E-state index contributed by atoms with van der Waals surface area (Å²) in [6, 6.07) is -0.0230. The monoisotopic (exact) mass is 263 g/mol. The lowest BCUT2D eigenvalue weighted by Gasteiger charge is -2.17. The summed E-state index contributed by atoms with van der Waals surface area (Å²) >= 11 is 0. The van der Waals surface area contributed by atoms with Crippen LogP contribution in [0.25, 0.3) is 0 Å². The van der Waals surface area contributed by atoms with Gasteiger partial charge in [0, 0.05) is 19.8 Å². The molecule has 6 nitrogen and oxygen atoms in total. The zero-order chi connectivity index (χ0) is 13.8. The minimum Gasteiger partial charge on any atom is -0.493 e. The highest BCUT2D eigenvalue weighted by Crippen LogP contribution is 2.29. The molecule has 6 heteroatoms. The number of aromatic nitrogens is 4. The number of aryl methyl sites for hydroxylation is 2. The normalized spacial score (nSPS) is 12.6. The molecule has 2 aromatic rings. The molecule has 2 rings (SSSR count). The van der Waals surface area contributed by atoms with Crippen molar-refractivity contribution in [3.8, 4) is 5.75 Å². The van der Waals surface area contributed by atoms with Gasteiger partial charge in [-0.3, -0.25) is 4.68 Å². The average Bonchev–Trinajstić information content (AvgIpc) is 2.99. The van der Waals surface area contributed by atoms with Crippen LogP contribution >= 0.6 is 0 Å². The molecule has 0 saturated heterocycles. The van der Waals surface area contributed by atoms with Gasteiger partial charge in [-0.05, 0) is 13.5 Å². The number of rotatable bonds is 6. The number of imidazole rings is 1. The van der Waals surface area contributed by atoms with E-state index in [0.29, 0.717) is 0 Å². The van der Waals surface area contributed by atoms with E-state index in [1.54, 1.807) is 19.6 Å². The van der Waals surface area contributed by atoms with Crippen LogP contribution in [0.1, 0.15) is 30.8 Å². The van der Waals surface area contributed by atoms with Crippen molar-refractivity contribution in [3.63, 3.8) is 0 Å². The summed E-state index contributed by atoms with van der Waals surface area (Å²) in [7, 11) is 5.55. The molecule has 0 aromatic carbocycles. The van der Waals surface area contributed by atoms with E-state index in [1.807, 2.05) is 29.5 Å². The van der Waals surface area contributed by atoms with E-state index in [4.69, 9.17) is 4.74 Å². The van der Waals surface area contributed by atoms with Gasteiger partial charge in [0.1, 0.15) is 5.69 Å². The summed E-state index contributed by atoms with van der Waals surface area (Å²) in [6.45, 7) is 3.00. The van der Waals surface area contributed by atoms with Crippen molar-refractivity contribution in [1.29, 1.82) is 0 Å². The molecule has 0 fully saturated rings. The predicted molar refractivity (Wildman–Crippen MR) is 73.2 cm³/mol. The predicted octanol–water partition coefficient (Wildman–Crippen LogP) is 1.34. The summed E-state index contributed by atoms with van der Waals surface area (Å²) in [5.74, 6) is 0.790. The first-order valence-electron chi connectivity index (χ1n) is 6.46. The SMILES string of the molecule is CCCn1ncc(OC)c1C(NC)c1cn(C)cn1. The Morgan fingerprint density at radius 3 is 2.79 bits per heavy atom. The first-order chi connectivity index (χ1) is 9.21. The Labute approximate surface area is 113 Å². The first-order valence-corrected chi connectivity index (χ1v) is 6.46. The van der Waals surface area contributed by atoms with Gasteiger partial charge in [-0.25, -0.2) is 4.98 Å². The van der Waals surface area contributed by atoms with Gasteiger partial charge in [0.15, 0.2) is 5.75 Å². The van der Waals surface area contributed by atoms with Crippen molar-refractivity contribution < 1.29 is 4.74 Å². The van der Waals surface area contributed by atoms with Gasteiger partial charge in [-0.1, -0.05) is 6.92 Å². The molecule has 1 unspecified atom stereocenters. The lowest BCUT2D eigenvalue weighted by atomic mass is 10.1. The Balaban J connectivity index is 2.44.